The largest absolute Gasteiger partial charge is 0.480 e. The minimum atomic E-state index is -1.17. The molecular weight excluding hydrogens is 250 g/mol. The van der Waals surface area contributed by atoms with E-state index < -0.39 is 23.9 Å². The molecule has 0 aliphatic heterocycles. The molecule has 4 N–H and O–H groups in total. The minimum Gasteiger partial charge on any atom is -0.480 e. The second-order valence-electron chi connectivity index (χ2n) is 4.95. The maximum atomic E-state index is 11.8. The van der Waals surface area contributed by atoms with E-state index in [9.17, 15) is 14.4 Å². The highest BCUT2D eigenvalue weighted by Crippen LogP contribution is 2.02. The molecule has 0 heterocycles. The van der Waals surface area contributed by atoms with E-state index in [0.29, 0.717) is 12.5 Å². The summed E-state index contributed by atoms with van der Waals surface area (Å²) in [4.78, 5) is 34.8. The molecule has 0 radical (unpaired) electrons. The van der Waals surface area contributed by atoms with E-state index in [-0.39, 0.29) is 12.8 Å². The zero-order valence-electron chi connectivity index (χ0n) is 11.7. The van der Waals surface area contributed by atoms with Crippen LogP contribution in [0.3, 0.4) is 0 Å². The van der Waals surface area contributed by atoms with Crippen LogP contribution in [0.4, 0.5) is 4.79 Å². The summed E-state index contributed by atoms with van der Waals surface area (Å²) in [5.41, 5.74) is 4.96. The number of carbonyl (C=O) groups excluding carboxylic acids is 2. The number of aliphatic carboxylic acids is 1. The molecule has 110 valence electrons. The monoisotopic (exact) mass is 273 g/mol. The van der Waals surface area contributed by atoms with Gasteiger partial charge in [-0.2, -0.15) is 0 Å². The maximum absolute atomic E-state index is 11.8. The van der Waals surface area contributed by atoms with Crippen molar-refractivity contribution >= 4 is 17.9 Å². The molecule has 0 bridgehead atoms. The Morgan fingerprint density at radius 1 is 1.26 bits per heavy atom. The van der Waals surface area contributed by atoms with E-state index in [1.54, 1.807) is 7.05 Å². The van der Waals surface area contributed by atoms with Gasteiger partial charge < -0.3 is 21.1 Å². The van der Waals surface area contributed by atoms with Gasteiger partial charge in [-0.15, -0.1) is 0 Å². The van der Waals surface area contributed by atoms with Gasteiger partial charge in [-0.3, -0.25) is 4.79 Å². The summed E-state index contributed by atoms with van der Waals surface area (Å²) in [7, 11) is 1.60. The van der Waals surface area contributed by atoms with E-state index >= 15 is 0 Å². The Balaban J connectivity index is 4.29. The summed E-state index contributed by atoms with van der Waals surface area (Å²) in [5.74, 6) is -1.30. The summed E-state index contributed by atoms with van der Waals surface area (Å²) in [6.45, 7) is 4.63. The van der Waals surface area contributed by atoms with Crippen LogP contribution in [0.5, 0.6) is 0 Å². The molecule has 0 spiro atoms. The van der Waals surface area contributed by atoms with Crippen molar-refractivity contribution in [1.82, 2.24) is 10.2 Å². The lowest BCUT2D eigenvalue weighted by Crippen LogP contribution is -2.47. The summed E-state index contributed by atoms with van der Waals surface area (Å²) in [6, 6.07) is -1.56. The van der Waals surface area contributed by atoms with Gasteiger partial charge in [0.25, 0.3) is 0 Å². The molecule has 0 saturated heterocycles. The number of carboxylic acid groups (broad SMARTS) is 1. The smallest absolute Gasteiger partial charge is 0.326 e. The maximum Gasteiger partial charge on any atom is 0.326 e. The van der Waals surface area contributed by atoms with Crippen LogP contribution in [-0.2, 0) is 9.59 Å². The number of hydrogen-bond donors (Lipinski definition) is 3. The first-order chi connectivity index (χ1) is 8.73. The number of carboxylic acids is 1. The summed E-state index contributed by atoms with van der Waals surface area (Å²) < 4.78 is 0. The lowest BCUT2D eigenvalue weighted by atomic mass is 10.1. The van der Waals surface area contributed by atoms with Crippen LogP contribution in [-0.4, -0.2) is 47.5 Å². The van der Waals surface area contributed by atoms with Crippen LogP contribution in [0.2, 0.25) is 0 Å². The van der Waals surface area contributed by atoms with Crippen molar-refractivity contribution in [2.75, 3.05) is 13.6 Å². The summed E-state index contributed by atoms with van der Waals surface area (Å²) >= 11 is 0. The average molecular weight is 273 g/mol. The topological polar surface area (TPSA) is 113 Å². The van der Waals surface area contributed by atoms with Crippen LogP contribution < -0.4 is 11.1 Å². The van der Waals surface area contributed by atoms with Crippen molar-refractivity contribution < 1.29 is 19.5 Å². The standard InChI is InChI=1S/C12H23N3O4/c1-8(2)6-7-15(3)12(19)14-9(11(17)18)4-5-10(13)16/h8-9H,4-7H2,1-3H3,(H2,13,16)(H,14,19)(H,17,18)/t9-/m1/s1. The molecule has 0 rings (SSSR count). The molecule has 3 amide bonds. The number of amides is 3. The normalized spacial score (nSPS) is 12.0. The van der Waals surface area contributed by atoms with Crippen molar-refractivity contribution in [2.45, 2.75) is 39.2 Å². The summed E-state index contributed by atoms with van der Waals surface area (Å²) in [6.07, 6.45) is 0.754. The predicted molar refractivity (Wildman–Crippen MR) is 70.5 cm³/mol. The molecule has 0 aromatic carbocycles. The highest BCUT2D eigenvalue weighted by atomic mass is 16.4. The van der Waals surface area contributed by atoms with Crippen LogP contribution >= 0.6 is 0 Å². The molecular formula is C12H23N3O4. The van der Waals surface area contributed by atoms with Gasteiger partial charge in [0.2, 0.25) is 5.91 Å². The van der Waals surface area contributed by atoms with Gasteiger partial charge in [-0.05, 0) is 18.8 Å². The van der Waals surface area contributed by atoms with Crippen molar-refractivity contribution in [3.05, 3.63) is 0 Å². The third-order valence-corrected chi connectivity index (χ3v) is 2.66. The number of hydrogen-bond acceptors (Lipinski definition) is 3. The highest BCUT2D eigenvalue weighted by Gasteiger charge is 2.22. The van der Waals surface area contributed by atoms with Gasteiger partial charge >= 0.3 is 12.0 Å². The van der Waals surface area contributed by atoms with Gasteiger partial charge in [0, 0.05) is 20.0 Å². The van der Waals surface area contributed by atoms with E-state index in [4.69, 9.17) is 10.8 Å². The van der Waals surface area contributed by atoms with E-state index in [1.165, 1.54) is 4.90 Å². The number of nitrogens with zero attached hydrogens (tertiary/aromatic N) is 1. The molecule has 1 atom stereocenters. The quantitative estimate of drug-likeness (QED) is 0.593. The number of urea groups is 1. The van der Waals surface area contributed by atoms with Crippen molar-refractivity contribution in [1.29, 1.82) is 0 Å². The Morgan fingerprint density at radius 2 is 1.84 bits per heavy atom. The average Bonchev–Trinajstić information content (AvgIpc) is 2.30. The molecule has 19 heavy (non-hydrogen) atoms. The predicted octanol–water partition coefficient (Wildman–Crippen LogP) is 0.393. The van der Waals surface area contributed by atoms with Gasteiger partial charge in [0.05, 0.1) is 0 Å². The Kier molecular flexibility index (Phi) is 7.55. The molecule has 0 aliphatic carbocycles. The number of primary amides is 1. The highest BCUT2D eigenvalue weighted by molar-refractivity contribution is 5.83. The van der Waals surface area contributed by atoms with Crippen molar-refractivity contribution in [3.8, 4) is 0 Å². The van der Waals surface area contributed by atoms with Crippen molar-refractivity contribution in [2.24, 2.45) is 11.7 Å². The van der Waals surface area contributed by atoms with Crippen LogP contribution in [0, 0.1) is 5.92 Å². The molecule has 0 aromatic rings. The number of nitrogens with one attached hydrogen (secondary N) is 1. The zero-order valence-corrected chi connectivity index (χ0v) is 11.7. The van der Waals surface area contributed by atoms with Crippen molar-refractivity contribution in [3.63, 3.8) is 0 Å². The Bertz CT molecular complexity index is 331. The Morgan fingerprint density at radius 3 is 2.26 bits per heavy atom. The van der Waals surface area contributed by atoms with Gasteiger partial charge in [-0.25, -0.2) is 9.59 Å². The lowest BCUT2D eigenvalue weighted by molar-refractivity contribution is -0.139. The minimum absolute atomic E-state index is 0.00553. The fraction of sp³-hybridized carbons (Fsp3) is 0.750. The molecule has 0 saturated carbocycles. The second-order valence-corrected chi connectivity index (χ2v) is 4.95. The molecule has 0 aliphatic rings. The lowest BCUT2D eigenvalue weighted by Gasteiger charge is -2.21. The van der Waals surface area contributed by atoms with Gasteiger partial charge in [0.15, 0.2) is 0 Å². The molecule has 0 unspecified atom stereocenters. The van der Waals surface area contributed by atoms with Gasteiger partial charge in [-0.1, -0.05) is 13.8 Å². The van der Waals surface area contributed by atoms with E-state index in [0.717, 1.165) is 6.42 Å². The summed E-state index contributed by atoms with van der Waals surface area (Å²) in [5, 5.41) is 11.3. The molecule has 0 aromatic heterocycles. The van der Waals surface area contributed by atoms with Crippen LogP contribution in [0.15, 0.2) is 0 Å². The second kappa shape index (κ2) is 8.34. The van der Waals surface area contributed by atoms with E-state index in [1.807, 2.05) is 13.8 Å². The number of carbonyl (C=O) groups is 3. The number of rotatable bonds is 8. The van der Waals surface area contributed by atoms with Crippen LogP contribution in [0.1, 0.15) is 33.1 Å². The Hall–Kier alpha value is -1.79. The van der Waals surface area contributed by atoms with E-state index in [2.05, 4.69) is 5.32 Å². The van der Waals surface area contributed by atoms with Crippen LogP contribution in [0.25, 0.3) is 0 Å². The zero-order chi connectivity index (χ0) is 15.0. The number of nitrogens with two attached hydrogens (primary N) is 1. The Labute approximate surface area is 113 Å². The first kappa shape index (κ1) is 17.2. The first-order valence-corrected chi connectivity index (χ1v) is 6.26. The molecule has 0 fully saturated rings. The first-order valence-electron chi connectivity index (χ1n) is 6.26. The third-order valence-electron chi connectivity index (χ3n) is 2.66. The fourth-order valence-corrected chi connectivity index (χ4v) is 1.36. The SMILES string of the molecule is CC(C)CCN(C)C(=O)N[C@H](CCC(N)=O)C(=O)O. The van der Waals surface area contributed by atoms with Gasteiger partial charge in [0.1, 0.15) is 6.04 Å². The third kappa shape index (κ3) is 8.01. The molecule has 7 heteroatoms. The fourth-order valence-electron chi connectivity index (χ4n) is 1.36. The molecule has 7 nitrogen and oxygen atoms in total.